The minimum atomic E-state index is -0.605. The van der Waals surface area contributed by atoms with Gasteiger partial charge >= 0.3 is 0 Å². The topological polar surface area (TPSA) is 51.2 Å². The second-order valence-electron chi connectivity index (χ2n) is 3.19. The van der Waals surface area contributed by atoms with Crippen molar-refractivity contribution in [3.05, 3.63) is 24.1 Å². The summed E-state index contributed by atoms with van der Waals surface area (Å²) in [5.74, 6) is -0.550. The van der Waals surface area contributed by atoms with Crippen LogP contribution >= 0.6 is 0 Å². The standard InChI is InChI=1S/C11H15FN2O2/c1-2-16-8-4-7-11(15)14-10-6-3-5-9(12)13-10/h3,5-6H,2,4,7-8H2,1H3,(H,13,14,15). The maximum atomic E-state index is 12.7. The van der Waals surface area contributed by atoms with Crippen LogP contribution in [0.5, 0.6) is 0 Å². The molecule has 1 amide bonds. The first-order chi connectivity index (χ1) is 7.72. The first-order valence-electron chi connectivity index (χ1n) is 5.22. The van der Waals surface area contributed by atoms with Crippen molar-refractivity contribution in [3.63, 3.8) is 0 Å². The van der Waals surface area contributed by atoms with E-state index in [1.54, 1.807) is 6.07 Å². The van der Waals surface area contributed by atoms with Gasteiger partial charge in [0, 0.05) is 19.6 Å². The van der Waals surface area contributed by atoms with Crippen molar-refractivity contribution >= 4 is 11.7 Å². The monoisotopic (exact) mass is 226 g/mol. The third kappa shape index (κ3) is 4.84. The first-order valence-corrected chi connectivity index (χ1v) is 5.22. The lowest BCUT2D eigenvalue weighted by Crippen LogP contribution is -2.13. The minimum Gasteiger partial charge on any atom is -0.382 e. The van der Waals surface area contributed by atoms with Crippen molar-refractivity contribution in [2.75, 3.05) is 18.5 Å². The van der Waals surface area contributed by atoms with Gasteiger partial charge in [-0.15, -0.1) is 0 Å². The van der Waals surface area contributed by atoms with E-state index >= 15 is 0 Å². The maximum Gasteiger partial charge on any atom is 0.225 e. The number of ether oxygens (including phenoxy) is 1. The summed E-state index contributed by atoms with van der Waals surface area (Å²) < 4.78 is 17.8. The van der Waals surface area contributed by atoms with Gasteiger partial charge in [-0.2, -0.15) is 4.39 Å². The molecule has 0 fully saturated rings. The number of anilines is 1. The van der Waals surface area contributed by atoms with Crippen LogP contribution in [-0.2, 0) is 9.53 Å². The van der Waals surface area contributed by atoms with Crippen LogP contribution in [0.3, 0.4) is 0 Å². The van der Waals surface area contributed by atoms with Crippen molar-refractivity contribution in [2.45, 2.75) is 19.8 Å². The van der Waals surface area contributed by atoms with Gasteiger partial charge in [-0.1, -0.05) is 6.07 Å². The van der Waals surface area contributed by atoms with Gasteiger partial charge in [0.05, 0.1) is 0 Å². The highest BCUT2D eigenvalue weighted by molar-refractivity contribution is 5.89. The number of pyridine rings is 1. The molecule has 0 radical (unpaired) electrons. The third-order valence-corrected chi connectivity index (χ3v) is 1.88. The van der Waals surface area contributed by atoms with Crippen molar-refractivity contribution in [2.24, 2.45) is 0 Å². The van der Waals surface area contributed by atoms with Crippen LogP contribution in [0, 0.1) is 5.95 Å². The summed E-state index contributed by atoms with van der Waals surface area (Å²) in [4.78, 5) is 14.9. The summed E-state index contributed by atoms with van der Waals surface area (Å²) in [6.07, 6.45) is 0.993. The Balaban J connectivity index is 2.29. The molecule has 0 aliphatic rings. The highest BCUT2D eigenvalue weighted by Gasteiger charge is 2.03. The van der Waals surface area contributed by atoms with E-state index in [-0.39, 0.29) is 11.7 Å². The number of nitrogens with one attached hydrogen (secondary N) is 1. The molecule has 4 nitrogen and oxygen atoms in total. The molecule has 0 unspecified atom stereocenters. The Kier molecular flexibility index (Phi) is 5.42. The summed E-state index contributed by atoms with van der Waals surface area (Å²) in [5, 5.41) is 2.51. The summed E-state index contributed by atoms with van der Waals surface area (Å²) in [6.45, 7) is 3.10. The lowest BCUT2D eigenvalue weighted by Gasteiger charge is -2.04. The Morgan fingerprint density at radius 3 is 3.06 bits per heavy atom. The van der Waals surface area contributed by atoms with Gasteiger partial charge in [0.25, 0.3) is 0 Å². The fourth-order valence-electron chi connectivity index (χ4n) is 1.16. The average Bonchev–Trinajstić information content (AvgIpc) is 2.24. The number of nitrogens with zero attached hydrogens (tertiary/aromatic N) is 1. The number of amides is 1. The molecule has 1 heterocycles. The maximum absolute atomic E-state index is 12.7. The van der Waals surface area contributed by atoms with E-state index in [2.05, 4.69) is 10.3 Å². The molecule has 0 aromatic carbocycles. The molecule has 16 heavy (non-hydrogen) atoms. The lowest BCUT2D eigenvalue weighted by atomic mass is 10.3. The largest absolute Gasteiger partial charge is 0.382 e. The number of carbonyl (C=O) groups excluding carboxylic acids is 1. The van der Waals surface area contributed by atoms with E-state index in [1.807, 2.05) is 6.92 Å². The van der Waals surface area contributed by atoms with Gasteiger partial charge in [0.15, 0.2) is 0 Å². The lowest BCUT2D eigenvalue weighted by molar-refractivity contribution is -0.116. The molecule has 0 atom stereocenters. The summed E-state index contributed by atoms with van der Waals surface area (Å²) in [7, 11) is 0. The van der Waals surface area contributed by atoms with Crippen LogP contribution in [0.15, 0.2) is 18.2 Å². The molecular weight excluding hydrogens is 211 g/mol. The van der Waals surface area contributed by atoms with Crippen LogP contribution < -0.4 is 5.32 Å². The molecule has 1 rings (SSSR count). The molecule has 0 bridgehead atoms. The van der Waals surface area contributed by atoms with Gasteiger partial charge in [0.1, 0.15) is 5.82 Å². The SMILES string of the molecule is CCOCCCC(=O)Nc1cccc(F)n1. The van der Waals surface area contributed by atoms with Gasteiger partial charge in [-0.25, -0.2) is 4.98 Å². The van der Waals surface area contributed by atoms with E-state index in [0.29, 0.717) is 26.1 Å². The summed E-state index contributed by atoms with van der Waals surface area (Å²) in [5.41, 5.74) is 0. The third-order valence-electron chi connectivity index (χ3n) is 1.88. The zero-order valence-electron chi connectivity index (χ0n) is 9.20. The number of aromatic nitrogens is 1. The zero-order valence-corrected chi connectivity index (χ0v) is 9.20. The van der Waals surface area contributed by atoms with Crippen molar-refractivity contribution < 1.29 is 13.9 Å². The van der Waals surface area contributed by atoms with E-state index < -0.39 is 5.95 Å². The average molecular weight is 226 g/mol. The van der Waals surface area contributed by atoms with E-state index in [0.717, 1.165) is 0 Å². The number of hydrogen-bond donors (Lipinski definition) is 1. The quantitative estimate of drug-likeness (QED) is 0.596. The minimum absolute atomic E-state index is 0.183. The molecule has 0 saturated carbocycles. The Labute approximate surface area is 93.8 Å². The number of carbonyl (C=O) groups is 1. The van der Waals surface area contributed by atoms with Crippen molar-refractivity contribution in [1.29, 1.82) is 0 Å². The molecule has 0 aliphatic heterocycles. The smallest absolute Gasteiger partial charge is 0.225 e. The first kappa shape index (κ1) is 12.6. The molecule has 0 spiro atoms. The van der Waals surface area contributed by atoms with Gasteiger partial charge in [-0.3, -0.25) is 4.79 Å². The molecule has 1 N–H and O–H groups in total. The van der Waals surface area contributed by atoms with Crippen LogP contribution in [0.4, 0.5) is 10.2 Å². The second kappa shape index (κ2) is 6.90. The second-order valence-corrected chi connectivity index (χ2v) is 3.19. The fraction of sp³-hybridized carbons (Fsp3) is 0.455. The van der Waals surface area contributed by atoms with Crippen LogP contribution in [0.1, 0.15) is 19.8 Å². The van der Waals surface area contributed by atoms with E-state index in [9.17, 15) is 9.18 Å². The number of halogens is 1. The molecule has 1 aromatic rings. The Bertz CT molecular complexity index is 345. The van der Waals surface area contributed by atoms with E-state index in [4.69, 9.17) is 4.74 Å². The van der Waals surface area contributed by atoms with Gasteiger partial charge in [0.2, 0.25) is 11.9 Å². The molecule has 1 aromatic heterocycles. The zero-order chi connectivity index (χ0) is 11.8. The molecule has 5 heteroatoms. The van der Waals surface area contributed by atoms with Gasteiger partial charge < -0.3 is 10.1 Å². The molecule has 88 valence electrons. The predicted molar refractivity (Wildman–Crippen MR) is 58.6 cm³/mol. The molecular formula is C11H15FN2O2. The summed E-state index contributed by atoms with van der Waals surface area (Å²) >= 11 is 0. The molecule has 0 saturated heterocycles. The predicted octanol–water partition coefficient (Wildman–Crippen LogP) is 1.98. The molecule has 0 aliphatic carbocycles. The van der Waals surface area contributed by atoms with Crippen LogP contribution in [0.25, 0.3) is 0 Å². The Morgan fingerprint density at radius 1 is 1.56 bits per heavy atom. The van der Waals surface area contributed by atoms with Crippen LogP contribution in [0.2, 0.25) is 0 Å². The van der Waals surface area contributed by atoms with Gasteiger partial charge in [-0.05, 0) is 25.5 Å². The fourth-order valence-corrected chi connectivity index (χ4v) is 1.16. The Morgan fingerprint density at radius 2 is 2.38 bits per heavy atom. The van der Waals surface area contributed by atoms with E-state index in [1.165, 1.54) is 12.1 Å². The summed E-state index contributed by atoms with van der Waals surface area (Å²) in [6, 6.07) is 4.27. The van der Waals surface area contributed by atoms with Crippen LogP contribution in [-0.4, -0.2) is 24.1 Å². The normalized spacial score (nSPS) is 10.1. The number of hydrogen-bond acceptors (Lipinski definition) is 3. The number of rotatable bonds is 6. The highest BCUT2D eigenvalue weighted by Crippen LogP contribution is 2.04. The Hall–Kier alpha value is -1.49. The highest BCUT2D eigenvalue weighted by atomic mass is 19.1. The van der Waals surface area contributed by atoms with Crippen molar-refractivity contribution in [3.8, 4) is 0 Å². The van der Waals surface area contributed by atoms with Crippen molar-refractivity contribution in [1.82, 2.24) is 4.98 Å².